The Kier molecular flexibility index (Phi) is 6.43. The molecular formula is C22H28O3Si. The van der Waals surface area contributed by atoms with Gasteiger partial charge in [-0.2, -0.15) is 0 Å². The van der Waals surface area contributed by atoms with E-state index in [1.165, 1.54) is 10.4 Å². The molecule has 0 heterocycles. The molecule has 0 unspecified atom stereocenters. The van der Waals surface area contributed by atoms with Gasteiger partial charge in [-0.25, -0.2) is 4.79 Å². The van der Waals surface area contributed by atoms with Gasteiger partial charge in [-0.1, -0.05) is 81.4 Å². The van der Waals surface area contributed by atoms with Gasteiger partial charge in [0, 0.05) is 0 Å². The molecule has 0 fully saturated rings. The number of hydrogen-bond acceptors (Lipinski definition) is 3. The zero-order chi connectivity index (χ0) is 19.2. The molecule has 4 heteroatoms. The highest BCUT2D eigenvalue weighted by Crippen LogP contribution is 2.37. The number of esters is 1. The van der Waals surface area contributed by atoms with Gasteiger partial charge in [0.05, 0.1) is 18.4 Å². The molecular weight excluding hydrogens is 340 g/mol. The molecule has 26 heavy (non-hydrogen) atoms. The van der Waals surface area contributed by atoms with Gasteiger partial charge in [0.15, 0.2) is 0 Å². The van der Waals surface area contributed by atoms with Gasteiger partial charge in [0.1, 0.15) is 0 Å². The van der Waals surface area contributed by atoms with E-state index >= 15 is 0 Å². The van der Waals surface area contributed by atoms with Crippen LogP contribution in [0.5, 0.6) is 0 Å². The van der Waals surface area contributed by atoms with Crippen molar-refractivity contribution in [3.8, 4) is 0 Å². The van der Waals surface area contributed by atoms with Gasteiger partial charge < -0.3 is 9.16 Å². The number of rotatable bonds is 6. The summed E-state index contributed by atoms with van der Waals surface area (Å²) in [6.07, 6.45) is 1.59. The van der Waals surface area contributed by atoms with Crippen LogP contribution in [0.1, 0.15) is 34.6 Å². The van der Waals surface area contributed by atoms with E-state index in [9.17, 15) is 4.79 Å². The number of hydrogen-bond donors (Lipinski definition) is 0. The zero-order valence-electron chi connectivity index (χ0n) is 16.3. The standard InChI is InChI=1S/C22H28O3Si/c1-6-24-21(23)18(2)17-25-26(22(3,4)5,19-13-9-7-10-14-19)20-15-11-8-12-16-20/h7-17H,6H2,1-5H3/b18-17+. The van der Waals surface area contributed by atoms with Crippen molar-refractivity contribution in [2.75, 3.05) is 6.61 Å². The molecule has 0 radical (unpaired) electrons. The molecule has 0 aromatic heterocycles. The number of benzene rings is 2. The van der Waals surface area contributed by atoms with Crippen LogP contribution in [-0.2, 0) is 14.0 Å². The van der Waals surface area contributed by atoms with Crippen molar-refractivity contribution in [2.24, 2.45) is 0 Å². The lowest BCUT2D eigenvalue weighted by Crippen LogP contribution is -2.65. The van der Waals surface area contributed by atoms with Crippen molar-refractivity contribution < 1.29 is 14.0 Å². The Bertz CT molecular complexity index is 706. The van der Waals surface area contributed by atoms with Crippen LogP contribution in [0.2, 0.25) is 5.04 Å². The first-order valence-corrected chi connectivity index (χ1v) is 10.9. The van der Waals surface area contributed by atoms with Gasteiger partial charge in [-0.15, -0.1) is 0 Å². The third-order valence-electron chi connectivity index (χ3n) is 4.43. The summed E-state index contributed by atoms with van der Waals surface area (Å²) in [4.78, 5) is 12.0. The normalized spacial score (nSPS) is 12.6. The third-order valence-corrected chi connectivity index (χ3v) is 9.30. The van der Waals surface area contributed by atoms with Crippen LogP contribution < -0.4 is 10.4 Å². The van der Waals surface area contributed by atoms with E-state index in [0.717, 1.165) is 0 Å². The largest absolute Gasteiger partial charge is 0.539 e. The van der Waals surface area contributed by atoms with Crippen LogP contribution in [0.25, 0.3) is 0 Å². The second-order valence-corrected chi connectivity index (χ2v) is 11.6. The molecule has 0 spiro atoms. The van der Waals surface area contributed by atoms with E-state index in [4.69, 9.17) is 9.16 Å². The molecule has 138 valence electrons. The average Bonchev–Trinajstić information content (AvgIpc) is 2.63. The molecule has 2 aromatic carbocycles. The van der Waals surface area contributed by atoms with Gasteiger partial charge in [0.2, 0.25) is 0 Å². The van der Waals surface area contributed by atoms with Crippen LogP contribution >= 0.6 is 0 Å². The molecule has 0 aliphatic carbocycles. The zero-order valence-corrected chi connectivity index (χ0v) is 17.3. The number of carbonyl (C=O) groups excluding carboxylic acids is 1. The fraction of sp³-hybridized carbons (Fsp3) is 0.318. The Balaban J connectivity index is 2.61. The molecule has 0 saturated carbocycles. The maximum atomic E-state index is 12.0. The molecule has 3 nitrogen and oxygen atoms in total. The minimum Gasteiger partial charge on any atom is -0.539 e. The number of carbonyl (C=O) groups is 1. The van der Waals surface area contributed by atoms with Crippen molar-refractivity contribution >= 4 is 24.7 Å². The molecule has 0 bridgehead atoms. The summed E-state index contributed by atoms with van der Waals surface area (Å²) in [5, 5.41) is 2.21. The second kappa shape index (κ2) is 8.36. The molecule has 2 aromatic rings. The molecule has 0 atom stereocenters. The van der Waals surface area contributed by atoms with Crippen LogP contribution in [0.15, 0.2) is 72.5 Å². The van der Waals surface area contributed by atoms with E-state index in [-0.39, 0.29) is 11.0 Å². The first kappa shape index (κ1) is 20.0. The molecule has 0 amide bonds. The van der Waals surface area contributed by atoms with Crippen molar-refractivity contribution in [3.05, 3.63) is 72.5 Å². The Morgan fingerprint density at radius 2 is 1.42 bits per heavy atom. The SMILES string of the molecule is CCOC(=O)/C(C)=C/O[Si](c1ccccc1)(c1ccccc1)C(C)(C)C. The van der Waals surface area contributed by atoms with E-state index < -0.39 is 8.32 Å². The minimum absolute atomic E-state index is 0.138. The smallest absolute Gasteiger partial charge is 0.336 e. The summed E-state index contributed by atoms with van der Waals surface area (Å²) in [5.41, 5.74) is 0.472. The van der Waals surface area contributed by atoms with Gasteiger partial charge >= 0.3 is 14.3 Å². The van der Waals surface area contributed by atoms with Gasteiger partial charge in [0.25, 0.3) is 0 Å². The van der Waals surface area contributed by atoms with Gasteiger partial charge in [-0.05, 0) is 29.3 Å². The van der Waals surface area contributed by atoms with Crippen LogP contribution in [-0.4, -0.2) is 20.9 Å². The predicted octanol–water partition coefficient (Wildman–Crippen LogP) is 4.03. The highest BCUT2D eigenvalue weighted by atomic mass is 28.4. The van der Waals surface area contributed by atoms with E-state index in [0.29, 0.717) is 12.2 Å². The highest BCUT2D eigenvalue weighted by Gasteiger charge is 2.51. The lowest BCUT2D eigenvalue weighted by atomic mass is 10.2. The summed E-state index contributed by atoms with van der Waals surface area (Å²) in [6, 6.07) is 20.7. The van der Waals surface area contributed by atoms with E-state index in [1.54, 1.807) is 20.1 Å². The first-order chi connectivity index (χ1) is 12.3. The summed E-state index contributed by atoms with van der Waals surface area (Å²) in [6.45, 7) is 10.5. The van der Waals surface area contributed by atoms with Crippen LogP contribution in [0.3, 0.4) is 0 Å². The van der Waals surface area contributed by atoms with Gasteiger partial charge in [-0.3, -0.25) is 0 Å². The van der Waals surface area contributed by atoms with E-state index in [1.807, 2.05) is 36.4 Å². The molecule has 0 saturated heterocycles. The minimum atomic E-state index is -2.67. The molecule has 2 rings (SSSR count). The van der Waals surface area contributed by atoms with Crippen molar-refractivity contribution in [3.63, 3.8) is 0 Å². The fourth-order valence-electron chi connectivity index (χ4n) is 3.16. The quantitative estimate of drug-likeness (QED) is 0.334. The monoisotopic (exact) mass is 368 g/mol. The molecule has 0 N–H and O–H groups in total. The topological polar surface area (TPSA) is 35.5 Å². The second-order valence-electron chi connectivity index (χ2n) is 7.30. The maximum absolute atomic E-state index is 12.0. The van der Waals surface area contributed by atoms with Crippen LogP contribution in [0, 0.1) is 0 Å². The van der Waals surface area contributed by atoms with Crippen molar-refractivity contribution in [1.29, 1.82) is 0 Å². The predicted molar refractivity (Wildman–Crippen MR) is 109 cm³/mol. The molecule has 0 aliphatic heterocycles. The third kappa shape index (κ3) is 4.07. The maximum Gasteiger partial charge on any atom is 0.336 e. The Hall–Kier alpha value is -2.33. The summed E-state index contributed by atoms with van der Waals surface area (Å²) in [7, 11) is -2.67. The average molecular weight is 369 g/mol. The Morgan fingerprint density at radius 1 is 0.962 bits per heavy atom. The van der Waals surface area contributed by atoms with E-state index in [2.05, 4.69) is 45.0 Å². The fourth-order valence-corrected chi connectivity index (χ4v) is 7.53. The summed E-state index contributed by atoms with van der Waals surface area (Å²) >= 11 is 0. The molecule has 0 aliphatic rings. The summed E-state index contributed by atoms with van der Waals surface area (Å²) < 4.78 is 11.7. The van der Waals surface area contributed by atoms with Crippen LogP contribution in [0.4, 0.5) is 0 Å². The van der Waals surface area contributed by atoms with Crippen molar-refractivity contribution in [1.82, 2.24) is 0 Å². The highest BCUT2D eigenvalue weighted by molar-refractivity contribution is 6.99. The van der Waals surface area contributed by atoms with Crippen molar-refractivity contribution in [2.45, 2.75) is 39.7 Å². The Morgan fingerprint density at radius 3 is 1.81 bits per heavy atom. The lowest BCUT2D eigenvalue weighted by Gasteiger charge is -2.42. The number of ether oxygens (including phenoxy) is 1. The Labute approximate surface area is 157 Å². The first-order valence-electron chi connectivity index (χ1n) is 8.95. The summed E-state index contributed by atoms with van der Waals surface area (Å²) in [5.74, 6) is -0.342. The lowest BCUT2D eigenvalue weighted by molar-refractivity contribution is -0.138.